The molecule has 4 aromatic heterocycles. The molecule has 0 aliphatic heterocycles. The van der Waals surface area contributed by atoms with Gasteiger partial charge in [-0.05, 0) is 35.9 Å². The maximum atomic E-state index is 11.2. The molecule has 0 aliphatic rings. The number of pyridine rings is 3. The third-order valence-electron chi connectivity index (χ3n) is 4.28. The molecule has 0 fully saturated rings. The Morgan fingerprint density at radius 3 is 2.43 bits per heavy atom. The van der Waals surface area contributed by atoms with Crippen molar-refractivity contribution in [3.63, 3.8) is 0 Å². The quantitative estimate of drug-likeness (QED) is 0.424. The van der Waals surface area contributed by atoms with Crippen LogP contribution in [0.1, 0.15) is 20.8 Å². The van der Waals surface area contributed by atoms with Crippen LogP contribution in [0.15, 0.2) is 48.9 Å². The molecule has 0 saturated carbocycles. The molecular formula is C19H13N5O4. The van der Waals surface area contributed by atoms with E-state index in [9.17, 15) is 14.7 Å². The lowest BCUT2D eigenvalue weighted by atomic mass is 10.0. The number of aromatic amines is 1. The first kappa shape index (κ1) is 17.2. The van der Waals surface area contributed by atoms with Crippen LogP contribution in [0.3, 0.4) is 0 Å². The highest BCUT2D eigenvalue weighted by molar-refractivity contribution is 5.99. The molecule has 4 aromatic rings. The van der Waals surface area contributed by atoms with Crippen molar-refractivity contribution in [1.82, 2.24) is 19.9 Å². The molecule has 0 unspecified atom stereocenters. The summed E-state index contributed by atoms with van der Waals surface area (Å²) in [6.07, 6.45) is 4.39. The molecule has 9 nitrogen and oxygen atoms in total. The van der Waals surface area contributed by atoms with Crippen LogP contribution in [0.25, 0.3) is 33.4 Å². The van der Waals surface area contributed by atoms with Crippen LogP contribution in [-0.4, -0.2) is 42.1 Å². The molecule has 0 aromatic carbocycles. The van der Waals surface area contributed by atoms with Gasteiger partial charge in [-0.25, -0.2) is 19.6 Å². The normalized spacial score (nSPS) is 10.9. The molecule has 0 atom stereocenters. The Hall–Kier alpha value is -4.27. The van der Waals surface area contributed by atoms with Crippen LogP contribution in [0.5, 0.6) is 0 Å². The van der Waals surface area contributed by atoms with Gasteiger partial charge in [-0.2, -0.15) is 0 Å². The lowest BCUT2D eigenvalue weighted by Crippen LogP contribution is -1.99. The van der Waals surface area contributed by atoms with Crippen molar-refractivity contribution in [2.45, 2.75) is 0 Å². The zero-order valence-corrected chi connectivity index (χ0v) is 14.2. The standard InChI is InChI=1S/C19H13N5O4/c20-16-13(14-2-1-9(7-22-14)18(25)26)5-10(8-23-16)11-3-4-21-17-12(11)6-15(24-17)19(27)28/h1-8H,(H2,20,23)(H,21,24)(H,25,26)(H,27,28). The van der Waals surface area contributed by atoms with Gasteiger partial charge in [-0.3, -0.25) is 4.98 Å². The maximum absolute atomic E-state index is 11.2. The monoisotopic (exact) mass is 375 g/mol. The third-order valence-corrected chi connectivity index (χ3v) is 4.28. The SMILES string of the molecule is Nc1ncc(-c2ccnc3[nH]c(C(=O)O)cc23)cc1-c1ccc(C(=O)O)cn1. The molecule has 4 heterocycles. The molecule has 9 heteroatoms. The average Bonchev–Trinajstić information content (AvgIpc) is 3.13. The van der Waals surface area contributed by atoms with Crippen molar-refractivity contribution >= 4 is 28.8 Å². The van der Waals surface area contributed by atoms with Crippen molar-refractivity contribution in [2.75, 3.05) is 5.73 Å². The number of fused-ring (bicyclic) bond motifs is 1. The summed E-state index contributed by atoms with van der Waals surface area (Å²) in [6.45, 7) is 0. The number of hydrogen-bond acceptors (Lipinski definition) is 6. The van der Waals surface area contributed by atoms with Crippen LogP contribution < -0.4 is 5.73 Å². The lowest BCUT2D eigenvalue weighted by molar-refractivity contribution is 0.0683. The summed E-state index contributed by atoms with van der Waals surface area (Å²) in [4.78, 5) is 37.5. The molecule has 28 heavy (non-hydrogen) atoms. The van der Waals surface area contributed by atoms with E-state index in [1.165, 1.54) is 18.3 Å². The van der Waals surface area contributed by atoms with E-state index in [-0.39, 0.29) is 17.1 Å². The minimum absolute atomic E-state index is 0.0319. The first-order chi connectivity index (χ1) is 13.4. The first-order valence-electron chi connectivity index (χ1n) is 8.10. The molecule has 0 aliphatic carbocycles. The Bertz CT molecular complexity index is 1230. The van der Waals surface area contributed by atoms with Gasteiger partial charge in [0.25, 0.3) is 0 Å². The summed E-state index contributed by atoms with van der Waals surface area (Å²) < 4.78 is 0. The highest BCUT2D eigenvalue weighted by Gasteiger charge is 2.15. The second-order valence-electron chi connectivity index (χ2n) is 6.00. The molecule has 0 radical (unpaired) electrons. The number of carboxylic acid groups (broad SMARTS) is 2. The Morgan fingerprint density at radius 2 is 1.75 bits per heavy atom. The van der Waals surface area contributed by atoms with Crippen molar-refractivity contribution in [3.8, 4) is 22.4 Å². The van der Waals surface area contributed by atoms with Crippen molar-refractivity contribution in [3.05, 3.63) is 60.2 Å². The van der Waals surface area contributed by atoms with E-state index in [1.54, 1.807) is 30.6 Å². The summed E-state index contributed by atoms with van der Waals surface area (Å²) in [5.41, 5.74) is 8.96. The number of nitrogens with two attached hydrogens (primary N) is 1. The Kier molecular flexibility index (Phi) is 3.96. The molecule has 138 valence electrons. The van der Waals surface area contributed by atoms with E-state index in [2.05, 4.69) is 19.9 Å². The van der Waals surface area contributed by atoms with E-state index < -0.39 is 11.9 Å². The van der Waals surface area contributed by atoms with Crippen LogP contribution >= 0.6 is 0 Å². The van der Waals surface area contributed by atoms with Crippen LogP contribution in [0, 0.1) is 0 Å². The van der Waals surface area contributed by atoms with Gasteiger partial charge in [-0.15, -0.1) is 0 Å². The van der Waals surface area contributed by atoms with E-state index in [0.29, 0.717) is 27.9 Å². The van der Waals surface area contributed by atoms with Gasteiger partial charge in [-0.1, -0.05) is 0 Å². The van der Waals surface area contributed by atoms with Crippen molar-refractivity contribution in [1.29, 1.82) is 0 Å². The van der Waals surface area contributed by atoms with Gasteiger partial charge >= 0.3 is 11.9 Å². The summed E-state index contributed by atoms with van der Waals surface area (Å²) in [6, 6.07) is 8.03. The number of rotatable bonds is 4. The number of H-pyrrole nitrogens is 1. The van der Waals surface area contributed by atoms with E-state index in [0.717, 1.165) is 5.56 Å². The number of aromatic nitrogens is 4. The Balaban J connectivity index is 1.84. The number of nitrogens with zero attached hydrogens (tertiary/aromatic N) is 3. The number of aromatic carboxylic acids is 2. The Morgan fingerprint density at radius 1 is 0.929 bits per heavy atom. The lowest BCUT2D eigenvalue weighted by Gasteiger charge is -2.09. The predicted octanol–water partition coefficient (Wildman–Crippen LogP) is 2.67. The molecule has 0 spiro atoms. The van der Waals surface area contributed by atoms with E-state index in [1.807, 2.05) is 0 Å². The van der Waals surface area contributed by atoms with Crippen LogP contribution in [0.2, 0.25) is 0 Å². The summed E-state index contributed by atoms with van der Waals surface area (Å²) in [5, 5.41) is 18.8. The third kappa shape index (κ3) is 2.90. The number of carbonyl (C=O) groups is 2. The number of carboxylic acids is 2. The zero-order chi connectivity index (χ0) is 19.8. The summed E-state index contributed by atoms with van der Waals surface area (Å²) in [7, 11) is 0. The fourth-order valence-corrected chi connectivity index (χ4v) is 2.90. The topological polar surface area (TPSA) is 155 Å². The molecule has 0 saturated heterocycles. The largest absolute Gasteiger partial charge is 0.478 e. The van der Waals surface area contributed by atoms with E-state index in [4.69, 9.17) is 10.8 Å². The van der Waals surface area contributed by atoms with Gasteiger partial charge in [0.2, 0.25) is 0 Å². The molecule has 0 bridgehead atoms. The minimum atomic E-state index is -1.08. The average molecular weight is 375 g/mol. The Labute approximate surface area is 157 Å². The molecule has 5 N–H and O–H groups in total. The fourth-order valence-electron chi connectivity index (χ4n) is 2.90. The van der Waals surface area contributed by atoms with Gasteiger partial charge in [0.15, 0.2) is 0 Å². The van der Waals surface area contributed by atoms with Crippen LogP contribution in [-0.2, 0) is 0 Å². The summed E-state index contributed by atoms with van der Waals surface area (Å²) in [5.74, 6) is -1.91. The molecular weight excluding hydrogens is 362 g/mol. The van der Waals surface area contributed by atoms with Gasteiger partial charge in [0.05, 0.1) is 11.3 Å². The zero-order valence-electron chi connectivity index (χ0n) is 14.2. The second-order valence-corrected chi connectivity index (χ2v) is 6.00. The smallest absolute Gasteiger partial charge is 0.352 e. The van der Waals surface area contributed by atoms with E-state index >= 15 is 0 Å². The van der Waals surface area contributed by atoms with Gasteiger partial charge in [0.1, 0.15) is 17.2 Å². The highest BCUT2D eigenvalue weighted by atomic mass is 16.4. The minimum Gasteiger partial charge on any atom is -0.478 e. The first-order valence-corrected chi connectivity index (χ1v) is 8.10. The predicted molar refractivity (Wildman–Crippen MR) is 101 cm³/mol. The second kappa shape index (κ2) is 6.47. The maximum Gasteiger partial charge on any atom is 0.352 e. The summed E-state index contributed by atoms with van der Waals surface area (Å²) >= 11 is 0. The number of anilines is 1. The van der Waals surface area contributed by atoms with Crippen molar-refractivity contribution < 1.29 is 19.8 Å². The number of nitrogen functional groups attached to an aromatic ring is 1. The number of nitrogens with one attached hydrogen (secondary N) is 1. The van der Waals surface area contributed by atoms with Crippen LogP contribution in [0.4, 0.5) is 5.82 Å². The highest BCUT2D eigenvalue weighted by Crippen LogP contribution is 2.32. The molecule has 0 amide bonds. The fraction of sp³-hybridized carbons (Fsp3) is 0. The van der Waals surface area contributed by atoms with Gasteiger partial charge in [0, 0.05) is 35.1 Å². The van der Waals surface area contributed by atoms with Crippen molar-refractivity contribution in [2.24, 2.45) is 0 Å². The number of hydrogen-bond donors (Lipinski definition) is 4. The molecule has 4 rings (SSSR count). The van der Waals surface area contributed by atoms with Gasteiger partial charge < -0.3 is 20.9 Å².